The van der Waals surface area contributed by atoms with Crippen LogP contribution in [-0.2, 0) is 0 Å². The molecule has 120 valence electrons. The van der Waals surface area contributed by atoms with Gasteiger partial charge in [-0.2, -0.15) is 0 Å². The van der Waals surface area contributed by atoms with Crippen LogP contribution in [0.5, 0.6) is 0 Å². The minimum Gasteiger partial charge on any atom is -0.273 e. The van der Waals surface area contributed by atoms with Gasteiger partial charge in [0.2, 0.25) is 6.34 Å². The van der Waals surface area contributed by atoms with E-state index in [1.165, 1.54) is 0 Å². The minimum absolute atomic E-state index is 0.341. The first-order valence-corrected chi connectivity index (χ1v) is 8.74. The molecule has 0 bridgehead atoms. The summed E-state index contributed by atoms with van der Waals surface area (Å²) in [4.78, 5) is 0. The Kier molecular flexibility index (Phi) is 8.33. The van der Waals surface area contributed by atoms with Crippen LogP contribution in [0, 0.1) is 6.92 Å². The number of nitrogens with zero attached hydrogens (tertiary/aromatic N) is 1. The molecule has 0 aliphatic carbocycles. The molecule has 2 nitrogen and oxygen atoms in total. The highest BCUT2D eigenvalue weighted by atomic mass is 35.5. The van der Waals surface area contributed by atoms with Crippen molar-refractivity contribution in [1.29, 1.82) is 0 Å². The molecule has 0 saturated heterocycles. The second-order valence-corrected chi connectivity index (χ2v) is 7.89. The Morgan fingerprint density at radius 1 is 1.00 bits per heavy atom. The lowest BCUT2D eigenvalue weighted by molar-refractivity contribution is -0.459. The highest BCUT2D eigenvalue weighted by Gasteiger charge is 2.10. The summed E-state index contributed by atoms with van der Waals surface area (Å²) in [6, 6.07) is 5.78. The molecule has 1 aromatic carbocycles. The van der Waals surface area contributed by atoms with E-state index in [4.69, 9.17) is 58.0 Å². The van der Waals surface area contributed by atoms with Gasteiger partial charge in [0, 0.05) is 5.02 Å². The number of nitrogens with one attached hydrogen (secondary N) is 1. The molecule has 1 heterocycles. The number of anilines is 1. The van der Waals surface area contributed by atoms with E-state index in [-0.39, 0.29) is 0 Å². The molecule has 2 rings (SSSR count). The van der Waals surface area contributed by atoms with Gasteiger partial charge in [0.05, 0.1) is 24.1 Å². The summed E-state index contributed by atoms with van der Waals surface area (Å²) in [5.41, 5.74) is 2.23. The lowest BCUT2D eigenvalue weighted by atomic mass is 10.2. The van der Waals surface area contributed by atoms with Crippen LogP contribution in [0.4, 0.5) is 5.69 Å². The van der Waals surface area contributed by atoms with E-state index in [2.05, 4.69) is 5.32 Å². The maximum absolute atomic E-state index is 5.83. The Labute approximate surface area is 159 Å². The molecule has 1 N–H and O–H groups in total. The first-order valence-electron chi connectivity index (χ1n) is 6.03. The molecule has 0 atom stereocenters. The summed E-state index contributed by atoms with van der Waals surface area (Å²) in [5, 5.41) is 4.64. The fourth-order valence-electron chi connectivity index (χ4n) is 1.33. The van der Waals surface area contributed by atoms with Crippen molar-refractivity contribution in [2.24, 2.45) is 0 Å². The van der Waals surface area contributed by atoms with Gasteiger partial charge in [-0.05, 0) is 30.7 Å². The van der Waals surface area contributed by atoms with Crippen LogP contribution >= 0.6 is 69.3 Å². The molecule has 0 spiro atoms. The van der Waals surface area contributed by atoms with Gasteiger partial charge < -0.3 is 0 Å². The number of aryl methyl sites for hydroxylation is 1. The maximum Gasteiger partial charge on any atom is 0.236 e. The van der Waals surface area contributed by atoms with E-state index >= 15 is 0 Å². The first kappa shape index (κ1) is 19.9. The van der Waals surface area contributed by atoms with Gasteiger partial charge in [-0.15, -0.1) is 11.3 Å². The van der Waals surface area contributed by atoms with Gasteiger partial charge in [-0.3, -0.25) is 4.58 Å². The molecule has 2 aromatic rings. The fraction of sp³-hybridized carbons (Fsp3) is 0.214. The summed E-state index contributed by atoms with van der Waals surface area (Å²) in [6.07, 6.45) is 1.90. The predicted molar refractivity (Wildman–Crippen MR) is 102 cm³/mol. The molecule has 0 unspecified atom stereocenters. The van der Waals surface area contributed by atoms with E-state index in [0.717, 1.165) is 27.6 Å². The normalized spacial score (nSPS) is 9.82. The van der Waals surface area contributed by atoms with E-state index in [1.54, 1.807) is 0 Å². The summed E-state index contributed by atoms with van der Waals surface area (Å²) in [5.74, 6) is 0. The minimum atomic E-state index is 0.341. The topological polar surface area (TPSA) is 15.0 Å². The van der Waals surface area contributed by atoms with E-state index < -0.39 is 0 Å². The summed E-state index contributed by atoms with van der Waals surface area (Å²) >= 11 is 29.2. The Bertz CT molecular complexity index is 656. The highest BCUT2D eigenvalue weighted by molar-refractivity contribution is 7.21. The molecular weight excluding hydrogens is 406 g/mol. The molecule has 22 heavy (non-hydrogen) atoms. The van der Waals surface area contributed by atoms with Gasteiger partial charge in [0.15, 0.2) is 0 Å². The van der Waals surface area contributed by atoms with Crippen LogP contribution in [0.3, 0.4) is 0 Å². The van der Waals surface area contributed by atoms with Crippen LogP contribution in [0.25, 0.3) is 0 Å². The van der Waals surface area contributed by atoms with E-state index in [0.29, 0.717) is 18.7 Å². The van der Waals surface area contributed by atoms with Crippen molar-refractivity contribution < 1.29 is 4.58 Å². The third-order valence-corrected chi connectivity index (χ3v) is 5.50. The van der Waals surface area contributed by atoms with Gasteiger partial charge >= 0.3 is 0 Å². The average molecular weight is 420 g/mol. The van der Waals surface area contributed by atoms with Crippen LogP contribution in [0.2, 0.25) is 23.7 Å². The molecule has 0 fully saturated rings. The lowest BCUT2D eigenvalue weighted by Gasteiger charge is -2.00. The number of hydrogen-bond donors (Lipinski definition) is 1. The zero-order valence-corrected chi connectivity index (χ0v) is 16.7. The second-order valence-electron chi connectivity index (χ2n) is 4.47. The zero-order valence-electron chi connectivity index (χ0n) is 12.1. The fourth-order valence-corrected chi connectivity index (χ4v) is 3.50. The molecule has 8 heteroatoms. The van der Waals surface area contributed by atoms with Crippen LogP contribution < -0.4 is 5.32 Å². The second kappa shape index (κ2) is 9.21. The van der Waals surface area contributed by atoms with Gasteiger partial charge in [0.1, 0.15) is 14.4 Å². The monoisotopic (exact) mass is 417 g/mol. The number of halogens is 5. The molecule has 0 radical (unpaired) electrons. The van der Waals surface area contributed by atoms with Gasteiger partial charge in [0.25, 0.3) is 0 Å². The third-order valence-electron chi connectivity index (χ3n) is 2.38. The molecule has 0 amide bonds. The zero-order chi connectivity index (χ0) is 16.9. The Morgan fingerprint density at radius 3 is 1.91 bits per heavy atom. The van der Waals surface area contributed by atoms with Gasteiger partial charge in [-0.1, -0.05) is 58.0 Å². The Hall–Kier alpha value is -0.160. The summed E-state index contributed by atoms with van der Waals surface area (Å²) in [6.45, 7) is 2.03. The SMILES string of the molecule is Cc1cc(Cl)ccc1NC=[N+](C)C.Clc1sc(Cl)c(Cl)c1Cl. The van der Waals surface area contributed by atoms with Crippen molar-refractivity contribution in [2.75, 3.05) is 19.4 Å². The smallest absolute Gasteiger partial charge is 0.236 e. The van der Waals surface area contributed by atoms with Crippen molar-refractivity contribution in [3.63, 3.8) is 0 Å². The number of hydrogen-bond acceptors (Lipinski definition) is 1. The van der Waals surface area contributed by atoms with Gasteiger partial charge in [-0.25, -0.2) is 5.32 Å². The lowest BCUT2D eigenvalue weighted by Crippen LogP contribution is -2.07. The largest absolute Gasteiger partial charge is 0.273 e. The molecule has 1 aromatic heterocycles. The van der Waals surface area contributed by atoms with Crippen molar-refractivity contribution in [3.8, 4) is 0 Å². The Morgan fingerprint density at radius 2 is 1.55 bits per heavy atom. The summed E-state index contributed by atoms with van der Waals surface area (Å²) in [7, 11) is 3.94. The number of thiophene rings is 1. The van der Waals surface area contributed by atoms with Crippen LogP contribution in [-0.4, -0.2) is 25.0 Å². The molecule has 0 saturated carbocycles. The quantitative estimate of drug-likeness (QED) is 0.324. The third kappa shape index (κ3) is 6.15. The van der Waals surface area contributed by atoms with E-state index in [1.807, 2.05) is 50.1 Å². The van der Waals surface area contributed by atoms with Crippen LogP contribution in [0.15, 0.2) is 18.2 Å². The van der Waals surface area contributed by atoms with Crippen molar-refractivity contribution in [1.82, 2.24) is 0 Å². The first-order chi connectivity index (χ1) is 10.2. The number of rotatable bonds is 2. The van der Waals surface area contributed by atoms with E-state index in [9.17, 15) is 0 Å². The summed E-state index contributed by atoms with van der Waals surface area (Å²) < 4.78 is 2.83. The number of benzene rings is 1. The molecule has 0 aliphatic rings. The van der Waals surface area contributed by atoms with Crippen molar-refractivity contribution in [2.45, 2.75) is 6.92 Å². The average Bonchev–Trinajstić information content (AvgIpc) is 2.65. The molecular formula is C14H14Cl5N2S+. The highest BCUT2D eigenvalue weighted by Crippen LogP contribution is 2.43. The van der Waals surface area contributed by atoms with Crippen LogP contribution in [0.1, 0.15) is 5.56 Å². The standard InChI is InChI=1S/C10H13ClN2.C4Cl4S/c1-8-6-9(11)4-5-10(8)12-7-13(2)3;5-1-2(6)4(8)9-3(1)7/h4-7H,1-3H3;/p+1. The van der Waals surface area contributed by atoms with Crippen molar-refractivity contribution in [3.05, 3.63) is 47.5 Å². The maximum atomic E-state index is 5.83. The predicted octanol–water partition coefficient (Wildman–Crippen LogP) is 6.72. The van der Waals surface area contributed by atoms with Crippen molar-refractivity contribution >= 4 is 81.4 Å². The Balaban J connectivity index is 0.000000235. The molecule has 0 aliphatic heterocycles.